The Kier molecular flexibility index (Phi) is 14.9. The fraction of sp³-hybridized carbons (Fsp3) is 0.875. The van der Waals surface area contributed by atoms with Gasteiger partial charge in [0.1, 0.15) is 0 Å². The number of aliphatic carboxylic acids is 1. The molecule has 0 saturated carbocycles. The number of carbonyl (C=O) groups is 1. The molecule has 4 heteroatoms. The highest BCUT2D eigenvalue weighted by atomic mass is 28.4. The Balaban J connectivity index is 4.21. The third-order valence-electron chi connectivity index (χ3n) is 5.97. The lowest BCUT2D eigenvalue weighted by Crippen LogP contribution is -2.43. The molecule has 0 unspecified atom stereocenters. The Bertz CT molecular complexity index is 424. The van der Waals surface area contributed by atoms with Gasteiger partial charge in [-0.3, -0.25) is 4.79 Å². The van der Waals surface area contributed by atoms with Gasteiger partial charge in [-0.2, -0.15) is 0 Å². The summed E-state index contributed by atoms with van der Waals surface area (Å²) >= 11 is 0. The normalized spacial score (nSPS) is 13.9. The van der Waals surface area contributed by atoms with Crippen molar-refractivity contribution in [2.24, 2.45) is 0 Å². The maximum absolute atomic E-state index is 10.5. The van der Waals surface area contributed by atoms with E-state index in [0.29, 0.717) is 12.5 Å². The van der Waals surface area contributed by atoms with Crippen molar-refractivity contribution >= 4 is 14.3 Å². The highest BCUT2D eigenvalue weighted by molar-refractivity contribution is 6.74. The molecule has 3 nitrogen and oxygen atoms in total. The molecule has 0 heterocycles. The van der Waals surface area contributed by atoms with Crippen LogP contribution in [0, 0.1) is 0 Å². The van der Waals surface area contributed by atoms with Crippen LogP contribution in [0.5, 0.6) is 0 Å². The Morgan fingerprint density at radius 2 is 1.57 bits per heavy atom. The number of carboxylic acids is 1. The summed E-state index contributed by atoms with van der Waals surface area (Å²) in [6.07, 6.45) is 19.3. The van der Waals surface area contributed by atoms with Crippen LogP contribution >= 0.6 is 0 Å². The van der Waals surface area contributed by atoms with E-state index < -0.39 is 14.3 Å². The standard InChI is InChI=1S/C24H48O3Si/c1-7-8-9-16-19-22(27-28(5,6)24(2,3)4)20-17-14-12-10-11-13-15-18-21-23(25)26/h14,17,22H,7-13,15-16,18-21H2,1-6H3,(H,25,26)/b17-14-/t22-/m1/s1. The van der Waals surface area contributed by atoms with Gasteiger partial charge in [0, 0.05) is 12.5 Å². The second kappa shape index (κ2) is 15.3. The van der Waals surface area contributed by atoms with Gasteiger partial charge in [0.25, 0.3) is 0 Å². The minimum absolute atomic E-state index is 0.263. The number of rotatable bonds is 17. The first kappa shape index (κ1) is 27.4. The van der Waals surface area contributed by atoms with Crippen molar-refractivity contribution < 1.29 is 14.3 Å². The van der Waals surface area contributed by atoms with Gasteiger partial charge in [-0.1, -0.05) is 84.8 Å². The Hall–Kier alpha value is -0.613. The zero-order valence-electron chi connectivity index (χ0n) is 19.7. The van der Waals surface area contributed by atoms with Crippen molar-refractivity contribution in [1.82, 2.24) is 0 Å². The molecule has 1 atom stereocenters. The molecule has 0 rings (SSSR count). The predicted molar refractivity (Wildman–Crippen MR) is 125 cm³/mol. The van der Waals surface area contributed by atoms with Gasteiger partial charge in [0.15, 0.2) is 8.32 Å². The van der Waals surface area contributed by atoms with Crippen molar-refractivity contribution in [2.45, 2.75) is 135 Å². The van der Waals surface area contributed by atoms with Crippen molar-refractivity contribution in [2.75, 3.05) is 0 Å². The summed E-state index contributed by atoms with van der Waals surface area (Å²) < 4.78 is 6.71. The first-order chi connectivity index (χ1) is 13.1. The van der Waals surface area contributed by atoms with Crippen molar-refractivity contribution in [3.05, 3.63) is 12.2 Å². The van der Waals surface area contributed by atoms with Gasteiger partial charge in [-0.05, 0) is 50.2 Å². The van der Waals surface area contributed by atoms with E-state index >= 15 is 0 Å². The molecule has 0 aliphatic carbocycles. The highest BCUT2D eigenvalue weighted by Gasteiger charge is 2.38. The molecule has 0 fully saturated rings. The molecular weight excluding hydrogens is 364 g/mol. The molecule has 0 amide bonds. The molecule has 0 saturated heterocycles. The zero-order valence-corrected chi connectivity index (χ0v) is 20.7. The zero-order chi connectivity index (χ0) is 21.5. The third kappa shape index (κ3) is 14.4. The van der Waals surface area contributed by atoms with E-state index in [2.05, 4.69) is 52.9 Å². The van der Waals surface area contributed by atoms with Crippen LogP contribution in [0.2, 0.25) is 18.1 Å². The molecule has 0 aromatic carbocycles. The summed E-state index contributed by atoms with van der Waals surface area (Å²) in [6.45, 7) is 13.9. The van der Waals surface area contributed by atoms with Gasteiger partial charge in [0.05, 0.1) is 0 Å². The lowest BCUT2D eigenvalue weighted by atomic mass is 10.1. The number of carboxylic acid groups (broad SMARTS) is 1. The monoisotopic (exact) mass is 412 g/mol. The highest BCUT2D eigenvalue weighted by Crippen LogP contribution is 2.38. The van der Waals surface area contributed by atoms with Crippen molar-refractivity contribution in [3.8, 4) is 0 Å². The van der Waals surface area contributed by atoms with Crippen LogP contribution < -0.4 is 0 Å². The van der Waals surface area contributed by atoms with Crippen LogP contribution in [0.15, 0.2) is 12.2 Å². The Labute approximate surface area is 176 Å². The van der Waals surface area contributed by atoms with E-state index in [4.69, 9.17) is 9.53 Å². The maximum Gasteiger partial charge on any atom is 0.303 e. The second-order valence-electron chi connectivity index (χ2n) is 9.76. The largest absolute Gasteiger partial charge is 0.481 e. The molecule has 0 radical (unpaired) electrons. The quantitative estimate of drug-likeness (QED) is 0.149. The number of allylic oxidation sites excluding steroid dienone is 1. The fourth-order valence-corrected chi connectivity index (χ4v) is 4.45. The topological polar surface area (TPSA) is 46.5 Å². The van der Waals surface area contributed by atoms with Crippen molar-refractivity contribution in [3.63, 3.8) is 0 Å². The van der Waals surface area contributed by atoms with Gasteiger partial charge < -0.3 is 9.53 Å². The average molecular weight is 413 g/mol. The van der Waals surface area contributed by atoms with Gasteiger partial charge in [0.2, 0.25) is 0 Å². The molecule has 0 aromatic rings. The van der Waals surface area contributed by atoms with E-state index in [1.165, 1.54) is 44.9 Å². The van der Waals surface area contributed by atoms with Crippen molar-refractivity contribution in [1.29, 1.82) is 0 Å². The van der Waals surface area contributed by atoms with Crippen LogP contribution in [0.4, 0.5) is 0 Å². The molecule has 0 aliphatic heterocycles. The lowest BCUT2D eigenvalue weighted by molar-refractivity contribution is -0.137. The SMILES string of the molecule is CCCCCC[C@H](C/C=C\CCCCCCCC(=O)O)O[Si](C)(C)C(C)(C)C. The van der Waals surface area contributed by atoms with Gasteiger partial charge >= 0.3 is 5.97 Å². The van der Waals surface area contributed by atoms with Crippen LogP contribution in [-0.4, -0.2) is 25.5 Å². The minimum atomic E-state index is -1.71. The van der Waals surface area contributed by atoms with E-state index in [1.807, 2.05) is 0 Å². The van der Waals surface area contributed by atoms with E-state index in [0.717, 1.165) is 32.1 Å². The van der Waals surface area contributed by atoms with Crippen LogP contribution in [0.25, 0.3) is 0 Å². The Morgan fingerprint density at radius 3 is 2.18 bits per heavy atom. The molecule has 0 aliphatic rings. The predicted octanol–water partition coefficient (Wildman–Crippen LogP) is 8.11. The molecular formula is C24H48O3Si. The van der Waals surface area contributed by atoms with Crippen LogP contribution in [-0.2, 0) is 9.22 Å². The third-order valence-corrected chi connectivity index (χ3v) is 10.5. The summed E-state index contributed by atoms with van der Waals surface area (Å²) in [6, 6.07) is 0. The molecule has 28 heavy (non-hydrogen) atoms. The summed E-state index contributed by atoms with van der Waals surface area (Å²) in [5.41, 5.74) is 0. The molecule has 166 valence electrons. The number of hydrogen-bond acceptors (Lipinski definition) is 2. The molecule has 0 aromatic heterocycles. The lowest BCUT2D eigenvalue weighted by Gasteiger charge is -2.39. The average Bonchev–Trinajstić information content (AvgIpc) is 2.58. The Morgan fingerprint density at radius 1 is 0.964 bits per heavy atom. The van der Waals surface area contributed by atoms with Crippen LogP contribution in [0.3, 0.4) is 0 Å². The summed E-state index contributed by atoms with van der Waals surface area (Å²) in [7, 11) is -1.71. The molecule has 1 N–H and O–H groups in total. The summed E-state index contributed by atoms with van der Waals surface area (Å²) in [5.74, 6) is -0.674. The summed E-state index contributed by atoms with van der Waals surface area (Å²) in [4.78, 5) is 10.5. The smallest absolute Gasteiger partial charge is 0.303 e. The molecule has 0 spiro atoms. The van der Waals surface area contributed by atoms with E-state index in [1.54, 1.807) is 0 Å². The first-order valence-electron chi connectivity index (χ1n) is 11.6. The van der Waals surface area contributed by atoms with Gasteiger partial charge in [-0.15, -0.1) is 0 Å². The van der Waals surface area contributed by atoms with Gasteiger partial charge in [-0.25, -0.2) is 0 Å². The van der Waals surface area contributed by atoms with E-state index in [-0.39, 0.29) is 5.04 Å². The van der Waals surface area contributed by atoms with E-state index in [9.17, 15) is 4.79 Å². The fourth-order valence-electron chi connectivity index (χ4n) is 3.05. The first-order valence-corrected chi connectivity index (χ1v) is 14.6. The minimum Gasteiger partial charge on any atom is -0.481 e. The van der Waals surface area contributed by atoms with Crippen LogP contribution in [0.1, 0.15) is 111 Å². The number of unbranched alkanes of at least 4 members (excludes halogenated alkanes) is 8. The molecule has 0 bridgehead atoms. The second-order valence-corrected chi connectivity index (χ2v) is 14.5. The maximum atomic E-state index is 10.5. The number of hydrogen-bond donors (Lipinski definition) is 1. The summed E-state index contributed by atoms with van der Waals surface area (Å²) in [5, 5.41) is 8.90.